The molecule has 0 bridgehead atoms. The van der Waals surface area contributed by atoms with E-state index in [0.29, 0.717) is 6.61 Å². The summed E-state index contributed by atoms with van der Waals surface area (Å²) < 4.78 is 11.8. The maximum atomic E-state index is 5.92. The molecule has 0 unspecified atom stereocenters. The summed E-state index contributed by atoms with van der Waals surface area (Å²) in [5.74, 6) is 1.77. The van der Waals surface area contributed by atoms with Gasteiger partial charge in [0.1, 0.15) is 24.7 Å². The van der Waals surface area contributed by atoms with Crippen molar-refractivity contribution < 1.29 is 9.47 Å². The van der Waals surface area contributed by atoms with Crippen LogP contribution in [0, 0.1) is 0 Å². The molecular formula is C23H25NO2. The summed E-state index contributed by atoms with van der Waals surface area (Å²) in [4.78, 5) is 2.46. The highest BCUT2D eigenvalue weighted by Crippen LogP contribution is 2.20. The van der Waals surface area contributed by atoms with Gasteiger partial charge in [0.2, 0.25) is 0 Å². The Morgan fingerprint density at radius 1 is 0.731 bits per heavy atom. The molecular weight excluding hydrogens is 322 g/mol. The average molecular weight is 347 g/mol. The normalized spacial score (nSPS) is 14.6. The minimum Gasteiger partial charge on any atom is -0.492 e. The van der Waals surface area contributed by atoms with E-state index in [-0.39, 0.29) is 0 Å². The summed E-state index contributed by atoms with van der Waals surface area (Å²) >= 11 is 0. The number of hydrogen-bond donors (Lipinski definition) is 0. The summed E-state index contributed by atoms with van der Waals surface area (Å²) in [7, 11) is 0. The highest BCUT2D eigenvalue weighted by molar-refractivity contribution is 5.82. The van der Waals surface area contributed by atoms with Crippen LogP contribution < -0.4 is 9.47 Å². The van der Waals surface area contributed by atoms with Gasteiger partial charge in [0.05, 0.1) is 0 Å². The van der Waals surface area contributed by atoms with Gasteiger partial charge in [-0.15, -0.1) is 0 Å². The minimum atomic E-state index is 0.569. The van der Waals surface area contributed by atoms with Crippen molar-refractivity contribution in [3.8, 4) is 11.5 Å². The summed E-state index contributed by atoms with van der Waals surface area (Å²) in [6, 6.07) is 22.8. The van der Waals surface area contributed by atoms with Crippen molar-refractivity contribution in [2.75, 3.05) is 26.2 Å². The number of likely N-dealkylation sites (tertiary alicyclic amines) is 1. The van der Waals surface area contributed by atoms with Crippen molar-refractivity contribution >= 4 is 10.8 Å². The highest BCUT2D eigenvalue weighted by Gasteiger charge is 2.10. The zero-order valence-electron chi connectivity index (χ0n) is 15.1. The predicted octanol–water partition coefficient (Wildman–Crippen LogP) is 4.89. The van der Waals surface area contributed by atoms with E-state index in [4.69, 9.17) is 9.47 Å². The second kappa shape index (κ2) is 8.24. The standard InChI is InChI=1S/C23H25NO2/c1-2-6-21-17-19(7-8-20(21)5-1)18-26-23-11-9-22(10-12-23)25-16-15-24-13-3-4-14-24/h1-2,5-12,17H,3-4,13-16,18H2. The molecule has 3 aromatic rings. The minimum absolute atomic E-state index is 0.569. The van der Waals surface area contributed by atoms with Crippen LogP contribution in [0.15, 0.2) is 66.7 Å². The number of nitrogens with zero attached hydrogens (tertiary/aromatic N) is 1. The molecule has 1 saturated heterocycles. The van der Waals surface area contributed by atoms with Crippen LogP contribution in [0.1, 0.15) is 18.4 Å². The van der Waals surface area contributed by atoms with E-state index in [1.165, 1.54) is 42.3 Å². The maximum Gasteiger partial charge on any atom is 0.120 e. The van der Waals surface area contributed by atoms with Gasteiger partial charge in [0.15, 0.2) is 0 Å². The molecule has 0 spiro atoms. The van der Waals surface area contributed by atoms with Gasteiger partial charge in [-0.05, 0) is 72.6 Å². The van der Waals surface area contributed by atoms with Crippen LogP contribution in [0.5, 0.6) is 11.5 Å². The second-order valence-electron chi connectivity index (χ2n) is 6.84. The molecule has 1 fully saturated rings. The Kier molecular flexibility index (Phi) is 5.36. The van der Waals surface area contributed by atoms with Gasteiger partial charge in [-0.25, -0.2) is 0 Å². The first kappa shape index (κ1) is 16.9. The van der Waals surface area contributed by atoms with E-state index in [1.54, 1.807) is 0 Å². The molecule has 4 rings (SSSR count). The van der Waals surface area contributed by atoms with Crippen LogP contribution in [-0.4, -0.2) is 31.1 Å². The third-order valence-corrected chi connectivity index (χ3v) is 4.92. The fourth-order valence-corrected chi connectivity index (χ4v) is 3.43. The lowest BCUT2D eigenvalue weighted by atomic mass is 10.1. The Bertz CT molecular complexity index is 838. The predicted molar refractivity (Wildman–Crippen MR) is 106 cm³/mol. The Balaban J connectivity index is 1.27. The third kappa shape index (κ3) is 4.36. The van der Waals surface area contributed by atoms with E-state index in [0.717, 1.165) is 24.7 Å². The van der Waals surface area contributed by atoms with Crippen molar-refractivity contribution in [1.29, 1.82) is 0 Å². The SMILES string of the molecule is c1ccc2cc(COc3ccc(OCCN4CCCC4)cc3)ccc2c1. The van der Waals surface area contributed by atoms with Crippen LogP contribution in [0.2, 0.25) is 0 Å². The molecule has 0 saturated carbocycles. The molecule has 0 aliphatic carbocycles. The van der Waals surface area contributed by atoms with Crippen molar-refractivity contribution in [3.63, 3.8) is 0 Å². The third-order valence-electron chi connectivity index (χ3n) is 4.92. The number of ether oxygens (including phenoxy) is 2. The molecule has 3 aromatic carbocycles. The summed E-state index contributed by atoms with van der Waals surface area (Å²) in [6.07, 6.45) is 2.65. The van der Waals surface area contributed by atoms with E-state index in [1.807, 2.05) is 24.3 Å². The molecule has 1 heterocycles. The molecule has 1 aliphatic rings. The smallest absolute Gasteiger partial charge is 0.120 e. The first-order valence-electron chi connectivity index (χ1n) is 9.42. The van der Waals surface area contributed by atoms with Gasteiger partial charge in [-0.2, -0.15) is 0 Å². The number of fused-ring (bicyclic) bond motifs is 1. The van der Waals surface area contributed by atoms with Crippen LogP contribution >= 0.6 is 0 Å². The van der Waals surface area contributed by atoms with Crippen molar-refractivity contribution in [2.24, 2.45) is 0 Å². The Morgan fingerprint density at radius 3 is 2.19 bits per heavy atom. The zero-order chi connectivity index (χ0) is 17.6. The monoisotopic (exact) mass is 347 g/mol. The van der Waals surface area contributed by atoms with E-state index in [2.05, 4.69) is 47.4 Å². The molecule has 3 heteroatoms. The average Bonchev–Trinajstić information content (AvgIpc) is 3.21. The molecule has 26 heavy (non-hydrogen) atoms. The Hall–Kier alpha value is -2.52. The lowest BCUT2D eigenvalue weighted by Gasteiger charge is -2.15. The van der Waals surface area contributed by atoms with E-state index < -0.39 is 0 Å². The van der Waals surface area contributed by atoms with E-state index >= 15 is 0 Å². The molecule has 134 valence electrons. The highest BCUT2D eigenvalue weighted by atomic mass is 16.5. The Labute approximate surface area is 155 Å². The fraction of sp³-hybridized carbons (Fsp3) is 0.304. The largest absolute Gasteiger partial charge is 0.492 e. The molecule has 0 N–H and O–H groups in total. The van der Waals surface area contributed by atoms with Crippen molar-refractivity contribution in [2.45, 2.75) is 19.4 Å². The maximum absolute atomic E-state index is 5.92. The van der Waals surface area contributed by atoms with Gasteiger partial charge in [0.25, 0.3) is 0 Å². The van der Waals surface area contributed by atoms with Crippen LogP contribution in [0.3, 0.4) is 0 Å². The van der Waals surface area contributed by atoms with Gasteiger partial charge in [-0.3, -0.25) is 4.90 Å². The van der Waals surface area contributed by atoms with Crippen LogP contribution in [-0.2, 0) is 6.61 Å². The lowest BCUT2D eigenvalue weighted by Crippen LogP contribution is -2.25. The van der Waals surface area contributed by atoms with Crippen molar-refractivity contribution in [3.05, 3.63) is 72.3 Å². The van der Waals surface area contributed by atoms with Crippen LogP contribution in [0.25, 0.3) is 10.8 Å². The summed E-state index contributed by atoms with van der Waals surface area (Å²) in [6.45, 7) is 4.76. The molecule has 0 amide bonds. The number of hydrogen-bond acceptors (Lipinski definition) is 3. The molecule has 1 aliphatic heterocycles. The molecule has 3 nitrogen and oxygen atoms in total. The van der Waals surface area contributed by atoms with Gasteiger partial charge >= 0.3 is 0 Å². The van der Waals surface area contributed by atoms with Gasteiger partial charge in [0, 0.05) is 6.54 Å². The Morgan fingerprint density at radius 2 is 1.42 bits per heavy atom. The fourth-order valence-electron chi connectivity index (χ4n) is 3.43. The zero-order valence-corrected chi connectivity index (χ0v) is 15.1. The summed E-state index contributed by atoms with van der Waals surface area (Å²) in [5, 5.41) is 2.50. The van der Waals surface area contributed by atoms with Crippen LogP contribution in [0.4, 0.5) is 0 Å². The number of benzene rings is 3. The lowest BCUT2D eigenvalue weighted by molar-refractivity contribution is 0.237. The molecule has 0 atom stereocenters. The molecule has 0 radical (unpaired) electrons. The number of rotatable bonds is 7. The van der Waals surface area contributed by atoms with E-state index in [9.17, 15) is 0 Å². The second-order valence-corrected chi connectivity index (χ2v) is 6.84. The van der Waals surface area contributed by atoms with Gasteiger partial charge in [-0.1, -0.05) is 36.4 Å². The van der Waals surface area contributed by atoms with Gasteiger partial charge < -0.3 is 9.47 Å². The first-order chi connectivity index (χ1) is 12.9. The molecule has 0 aromatic heterocycles. The van der Waals surface area contributed by atoms with Crippen molar-refractivity contribution in [1.82, 2.24) is 4.90 Å². The topological polar surface area (TPSA) is 21.7 Å². The summed E-state index contributed by atoms with van der Waals surface area (Å²) in [5.41, 5.74) is 1.18. The quantitative estimate of drug-likeness (QED) is 0.607. The first-order valence-corrected chi connectivity index (χ1v) is 9.42.